The number of hydrogen-bond acceptors (Lipinski definition) is 4. The van der Waals surface area contributed by atoms with Gasteiger partial charge in [-0.15, -0.1) is 0 Å². The second kappa shape index (κ2) is 13.6. The fourth-order valence-corrected chi connectivity index (χ4v) is 5.10. The van der Waals surface area contributed by atoms with Crippen LogP contribution in [-0.2, 0) is 17.8 Å². The highest BCUT2D eigenvalue weighted by Gasteiger charge is 2.20. The Bertz CT molecular complexity index is 1410. The molecule has 1 aromatic heterocycles. The number of fused-ring (bicyclic) bond motifs is 1. The molecule has 0 atom stereocenters. The lowest BCUT2D eigenvalue weighted by molar-refractivity contribution is -0.117. The standard InChI is InChI=1S/C35H36N2O3/c36-35(38)21-18-27-16-19-31(20-17-27)39-23-9-22-37(25-32-24-30-14-7-8-15-34(30)40-32)26-33(28-10-3-1-4-11-28)29-12-5-2-6-13-29/h1-8,10-17,19-20,24,33H,9,18,21-23,25-26H2,(H2,36,38). The number of furan rings is 1. The van der Waals surface area contributed by atoms with Crippen molar-refractivity contribution in [3.63, 3.8) is 0 Å². The van der Waals surface area contributed by atoms with E-state index in [9.17, 15) is 4.79 Å². The molecule has 0 saturated heterocycles. The van der Waals surface area contributed by atoms with E-state index >= 15 is 0 Å². The number of nitrogens with zero attached hydrogens (tertiary/aromatic N) is 1. The van der Waals surface area contributed by atoms with Crippen molar-refractivity contribution < 1.29 is 13.9 Å². The van der Waals surface area contributed by atoms with Crippen molar-refractivity contribution in [2.24, 2.45) is 5.73 Å². The van der Waals surface area contributed by atoms with Gasteiger partial charge in [0.1, 0.15) is 17.1 Å². The number of hydrogen-bond donors (Lipinski definition) is 1. The minimum Gasteiger partial charge on any atom is -0.494 e. The van der Waals surface area contributed by atoms with Crippen LogP contribution in [0.25, 0.3) is 11.0 Å². The fraction of sp³-hybridized carbons (Fsp3) is 0.229. The van der Waals surface area contributed by atoms with Crippen molar-refractivity contribution in [3.8, 4) is 5.75 Å². The molecule has 5 aromatic rings. The van der Waals surface area contributed by atoms with Gasteiger partial charge in [-0.3, -0.25) is 9.69 Å². The highest BCUT2D eigenvalue weighted by Crippen LogP contribution is 2.27. The van der Waals surface area contributed by atoms with Gasteiger partial charge < -0.3 is 14.9 Å². The number of aryl methyl sites for hydroxylation is 1. The van der Waals surface area contributed by atoms with E-state index in [4.69, 9.17) is 14.9 Å². The minimum atomic E-state index is -0.283. The molecular weight excluding hydrogens is 496 g/mol. The van der Waals surface area contributed by atoms with Crippen LogP contribution in [0.1, 0.15) is 41.2 Å². The second-order valence-electron chi connectivity index (χ2n) is 10.2. The molecule has 4 aromatic carbocycles. The first-order valence-corrected chi connectivity index (χ1v) is 13.9. The van der Waals surface area contributed by atoms with Gasteiger partial charge in [-0.1, -0.05) is 91.0 Å². The van der Waals surface area contributed by atoms with Crippen LogP contribution in [0, 0.1) is 0 Å². The largest absolute Gasteiger partial charge is 0.494 e. The average molecular weight is 533 g/mol. The molecule has 0 aliphatic rings. The summed E-state index contributed by atoms with van der Waals surface area (Å²) in [7, 11) is 0. The lowest BCUT2D eigenvalue weighted by Gasteiger charge is -2.28. The van der Waals surface area contributed by atoms with E-state index in [-0.39, 0.29) is 11.8 Å². The Hall–Kier alpha value is -4.35. The predicted octanol–water partition coefficient (Wildman–Crippen LogP) is 6.95. The van der Waals surface area contributed by atoms with Gasteiger partial charge in [0, 0.05) is 30.8 Å². The molecule has 40 heavy (non-hydrogen) atoms. The minimum absolute atomic E-state index is 0.237. The van der Waals surface area contributed by atoms with Crippen LogP contribution >= 0.6 is 0 Å². The maximum Gasteiger partial charge on any atom is 0.217 e. The summed E-state index contributed by atoms with van der Waals surface area (Å²) in [6.45, 7) is 3.06. The third-order valence-corrected chi connectivity index (χ3v) is 7.17. The van der Waals surface area contributed by atoms with Gasteiger partial charge in [0.25, 0.3) is 0 Å². The zero-order valence-corrected chi connectivity index (χ0v) is 22.7. The first-order valence-electron chi connectivity index (χ1n) is 13.9. The number of carbonyl (C=O) groups is 1. The summed E-state index contributed by atoms with van der Waals surface area (Å²) in [5.74, 6) is 1.75. The van der Waals surface area contributed by atoms with E-state index in [1.54, 1.807) is 0 Å². The van der Waals surface area contributed by atoms with E-state index in [1.807, 2.05) is 42.5 Å². The number of primary amides is 1. The molecule has 204 valence electrons. The Labute approximate surface area is 236 Å². The van der Waals surface area contributed by atoms with Gasteiger partial charge in [-0.2, -0.15) is 0 Å². The Morgan fingerprint density at radius 2 is 1.48 bits per heavy atom. The Balaban J connectivity index is 1.27. The second-order valence-corrected chi connectivity index (χ2v) is 10.2. The normalized spacial score (nSPS) is 11.3. The molecule has 1 amide bonds. The van der Waals surface area contributed by atoms with Gasteiger partial charge >= 0.3 is 0 Å². The van der Waals surface area contributed by atoms with E-state index in [0.717, 1.165) is 54.1 Å². The van der Waals surface area contributed by atoms with Crippen LogP contribution in [-0.4, -0.2) is 30.5 Å². The zero-order chi connectivity index (χ0) is 27.6. The summed E-state index contributed by atoms with van der Waals surface area (Å²) in [6.07, 6.45) is 1.88. The summed E-state index contributed by atoms with van der Waals surface area (Å²) in [4.78, 5) is 13.5. The van der Waals surface area contributed by atoms with Crippen LogP contribution in [0.4, 0.5) is 0 Å². The third kappa shape index (κ3) is 7.61. The molecule has 5 nitrogen and oxygen atoms in total. The third-order valence-electron chi connectivity index (χ3n) is 7.17. The van der Waals surface area contributed by atoms with Crippen LogP contribution in [0.15, 0.2) is 120 Å². The van der Waals surface area contributed by atoms with Crippen LogP contribution < -0.4 is 10.5 Å². The number of benzene rings is 4. The summed E-state index contributed by atoms with van der Waals surface area (Å²) in [6, 6.07) is 39.7. The molecule has 1 heterocycles. The summed E-state index contributed by atoms with van der Waals surface area (Å²) >= 11 is 0. The fourth-order valence-electron chi connectivity index (χ4n) is 5.10. The van der Waals surface area contributed by atoms with Crippen LogP contribution in [0.5, 0.6) is 5.75 Å². The molecule has 0 spiro atoms. The first-order chi connectivity index (χ1) is 19.6. The van der Waals surface area contributed by atoms with Gasteiger partial charge in [0.15, 0.2) is 0 Å². The quantitative estimate of drug-likeness (QED) is 0.157. The number of ether oxygens (including phenoxy) is 1. The number of para-hydroxylation sites is 1. The molecule has 0 radical (unpaired) electrons. The smallest absolute Gasteiger partial charge is 0.217 e. The van der Waals surface area contributed by atoms with Crippen molar-refractivity contribution >= 4 is 16.9 Å². The maximum atomic E-state index is 11.0. The molecule has 0 unspecified atom stereocenters. The van der Waals surface area contributed by atoms with E-state index in [0.29, 0.717) is 19.4 Å². The number of rotatable bonds is 14. The topological polar surface area (TPSA) is 68.7 Å². The Morgan fingerprint density at radius 1 is 0.825 bits per heavy atom. The first kappa shape index (κ1) is 27.2. The molecule has 0 saturated carbocycles. The van der Waals surface area contributed by atoms with E-state index < -0.39 is 0 Å². The lowest BCUT2D eigenvalue weighted by Crippen LogP contribution is -2.30. The van der Waals surface area contributed by atoms with Gasteiger partial charge in [0.2, 0.25) is 5.91 Å². The van der Waals surface area contributed by atoms with Crippen LogP contribution in [0.3, 0.4) is 0 Å². The van der Waals surface area contributed by atoms with Crippen molar-refractivity contribution in [1.82, 2.24) is 4.90 Å². The monoisotopic (exact) mass is 532 g/mol. The van der Waals surface area contributed by atoms with Crippen LogP contribution in [0.2, 0.25) is 0 Å². The number of nitrogens with two attached hydrogens (primary N) is 1. The average Bonchev–Trinajstić information content (AvgIpc) is 3.40. The Kier molecular flexibility index (Phi) is 9.28. The van der Waals surface area contributed by atoms with Gasteiger partial charge in [-0.05, 0) is 53.8 Å². The molecule has 5 heteroatoms. The molecular formula is C35H36N2O3. The Morgan fingerprint density at radius 3 is 2.12 bits per heavy atom. The van der Waals surface area contributed by atoms with Gasteiger partial charge in [0.05, 0.1) is 13.2 Å². The molecule has 2 N–H and O–H groups in total. The molecule has 0 fully saturated rings. The van der Waals surface area contributed by atoms with Crippen molar-refractivity contribution in [2.75, 3.05) is 19.7 Å². The summed E-state index contributed by atoms with van der Waals surface area (Å²) in [5.41, 5.74) is 9.87. The number of amides is 1. The van der Waals surface area contributed by atoms with E-state index in [2.05, 4.69) is 77.7 Å². The molecule has 0 aliphatic carbocycles. The van der Waals surface area contributed by atoms with Crippen molar-refractivity contribution in [2.45, 2.75) is 31.7 Å². The highest BCUT2D eigenvalue weighted by molar-refractivity contribution is 5.77. The number of carbonyl (C=O) groups excluding carboxylic acids is 1. The van der Waals surface area contributed by atoms with Gasteiger partial charge in [-0.25, -0.2) is 0 Å². The predicted molar refractivity (Wildman–Crippen MR) is 160 cm³/mol. The van der Waals surface area contributed by atoms with Crippen molar-refractivity contribution in [1.29, 1.82) is 0 Å². The van der Waals surface area contributed by atoms with Crippen molar-refractivity contribution in [3.05, 3.63) is 138 Å². The SMILES string of the molecule is NC(=O)CCc1ccc(OCCCN(Cc2cc3ccccc3o2)CC(c2ccccc2)c2ccccc2)cc1. The lowest BCUT2D eigenvalue weighted by atomic mass is 9.90. The highest BCUT2D eigenvalue weighted by atomic mass is 16.5. The van der Waals surface area contributed by atoms with E-state index in [1.165, 1.54) is 11.1 Å². The molecule has 5 rings (SSSR count). The maximum absolute atomic E-state index is 11.0. The molecule has 0 bridgehead atoms. The zero-order valence-electron chi connectivity index (χ0n) is 22.7. The summed E-state index contributed by atoms with van der Waals surface area (Å²) < 4.78 is 12.3. The molecule has 0 aliphatic heterocycles. The summed E-state index contributed by atoms with van der Waals surface area (Å²) in [5, 5.41) is 1.13.